The summed E-state index contributed by atoms with van der Waals surface area (Å²) in [7, 11) is 0. The summed E-state index contributed by atoms with van der Waals surface area (Å²) in [6, 6.07) is 16.0. The van der Waals surface area contributed by atoms with Crippen molar-refractivity contribution in [2.24, 2.45) is 0 Å². The molecule has 2 nitrogen and oxygen atoms in total. The van der Waals surface area contributed by atoms with Crippen LogP contribution in [0.15, 0.2) is 57.7 Å². The molecule has 0 N–H and O–H groups in total. The summed E-state index contributed by atoms with van der Waals surface area (Å²) in [5, 5.41) is 0. The third-order valence-electron chi connectivity index (χ3n) is 2.54. The summed E-state index contributed by atoms with van der Waals surface area (Å²) in [5.74, 6) is 0. The number of thiophene rings is 1. The summed E-state index contributed by atoms with van der Waals surface area (Å²) in [6.45, 7) is 0. The Morgan fingerprint density at radius 3 is 1.58 bits per heavy atom. The van der Waals surface area contributed by atoms with E-state index in [1.54, 1.807) is 11.3 Å². The van der Waals surface area contributed by atoms with Crippen LogP contribution >= 0.6 is 43.2 Å². The van der Waals surface area contributed by atoms with Gasteiger partial charge in [0.2, 0.25) is 0 Å². The highest BCUT2D eigenvalue weighted by atomic mass is 79.9. The number of hydrogen-bond acceptors (Lipinski definition) is 3. The van der Waals surface area contributed by atoms with Crippen molar-refractivity contribution in [3.8, 4) is 21.1 Å². The molecule has 3 aromatic rings. The molecular weight excluding hydrogens is 388 g/mol. The fourth-order valence-corrected chi connectivity index (χ4v) is 3.34. The predicted octanol–water partition coefficient (Wildman–Crippen LogP) is 5.40. The highest BCUT2D eigenvalue weighted by Gasteiger charge is 2.07. The van der Waals surface area contributed by atoms with E-state index in [9.17, 15) is 0 Å². The Morgan fingerprint density at radius 1 is 0.684 bits per heavy atom. The molecule has 0 aliphatic carbocycles. The maximum atomic E-state index is 4.47. The molecule has 3 rings (SSSR count). The molecule has 19 heavy (non-hydrogen) atoms. The van der Waals surface area contributed by atoms with Crippen molar-refractivity contribution in [2.45, 2.75) is 0 Å². The second kappa shape index (κ2) is 5.53. The lowest BCUT2D eigenvalue weighted by molar-refractivity contribution is 1.29. The molecule has 0 fully saturated rings. The molecule has 0 unspecified atom stereocenters. The molecule has 0 aliphatic rings. The molecule has 0 spiro atoms. The van der Waals surface area contributed by atoms with E-state index in [2.05, 4.69) is 54.0 Å². The third kappa shape index (κ3) is 2.94. The normalized spacial score (nSPS) is 10.6. The number of aromatic nitrogens is 2. The van der Waals surface area contributed by atoms with E-state index < -0.39 is 0 Å². The van der Waals surface area contributed by atoms with Crippen LogP contribution in [-0.2, 0) is 0 Å². The van der Waals surface area contributed by atoms with Gasteiger partial charge in [0, 0.05) is 0 Å². The van der Waals surface area contributed by atoms with Crippen molar-refractivity contribution in [3.63, 3.8) is 0 Å². The smallest absolute Gasteiger partial charge is 0.106 e. The predicted molar refractivity (Wildman–Crippen MR) is 86.2 cm³/mol. The Bertz CT molecular complexity index is 665. The molecule has 0 saturated heterocycles. The Kier molecular flexibility index (Phi) is 3.77. The first-order valence-electron chi connectivity index (χ1n) is 5.58. The van der Waals surface area contributed by atoms with Gasteiger partial charge in [-0.25, -0.2) is 9.97 Å². The van der Waals surface area contributed by atoms with Gasteiger partial charge in [-0.2, -0.15) is 0 Å². The van der Waals surface area contributed by atoms with Gasteiger partial charge in [0.25, 0.3) is 0 Å². The van der Waals surface area contributed by atoms with E-state index in [-0.39, 0.29) is 0 Å². The highest BCUT2D eigenvalue weighted by Crippen LogP contribution is 2.33. The van der Waals surface area contributed by atoms with Gasteiger partial charge in [-0.1, -0.05) is 12.1 Å². The second-order valence-corrected chi connectivity index (χ2v) is 6.56. The maximum absolute atomic E-state index is 4.47. The van der Waals surface area contributed by atoms with Gasteiger partial charge in [-0.05, 0) is 68.3 Å². The fraction of sp³-hybridized carbons (Fsp3) is 0. The molecule has 0 atom stereocenters. The van der Waals surface area contributed by atoms with Gasteiger partial charge in [0.05, 0.1) is 21.1 Å². The van der Waals surface area contributed by atoms with E-state index in [4.69, 9.17) is 0 Å². The molecule has 5 heteroatoms. The first-order chi connectivity index (χ1) is 9.22. The van der Waals surface area contributed by atoms with Crippen molar-refractivity contribution < 1.29 is 0 Å². The summed E-state index contributed by atoms with van der Waals surface area (Å²) in [6.07, 6.45) is 0. The van der Waals surface area contributed by atoms with Gasteiger partial charge in [-0.15, -0.1) is 11.3 Å². The average Bonchev–Trinajstić information content (AvgIpc) is 2.88. The van der Waals surface area contributed by atoms with Crippen molar-refractivity contribution >= 4 is 43.2 Å². The fourth-order valence-electron chi connectivity index (χ4n) is 1.70. The Hall–Kier alpha value is -1.04. The number of nitrogens with zero attached hydrogens (tertiary/aromatic N) is 2. The number of hydrogen-bond donors (Lipinski definition) is 0. The van der Waals surface area contributed by atoms with Gasteiger partial charge >= 0.3 is 0 Å². The van der Waals surface area contributed by atoms with Gasteiger partial charge in [0.15, 0.2) is 0 Å². The molecule has 0 aromatic carbocycles. The number of rotatable bonds is 2. The minimum Gasteiger partial charge on any atom is -0.240 e. The molecule has 0 amide bonds. The Labute approximate surface area is 131 Å². The molecule has 0 radical (unpaired) electrons. The lowest BCUT2D eigenvalue weighted by Gasteiger charge is -1.98. The zero-order valence-corrected chi connectivity index (χ0v) is 13.7. The van der Waals surface area contributed by atoms with Crippen LogP contribution in [0.4, 0.5) is 0 Å². The van der Waals surface area contributed by atoms with Crippen LogP contribution in [-0.4, -0.2) is 9.97 Å². The summed E-state index contributed by atoms with van der Waals surface area (Å²) in [5.41, 5.74) is 1.95. The quantitative estimate of drug-likeness (QED) is 0.543. The molecule has 3 heterocycles. The van der Waals surface area contributed by atoms with Crippen LogP contribution in [0.25, 0.3) is 21.1 Å². The minimum atomic E-state index is 0.848. The Balaban J connectivity index is 2.00. The standard InChI is InChI=1S/C14H8Br2N2S/c15-13-5-1-3-9(17-13)11-7-8-12(19-11)10-4-2-6-14(16)18-10/h1-8H. The van der Waals surface area contributed by atoms with Crippen LogP contribution < -0.4 is 0 Å². The molecule has 0 saturated carbocycles. The third-order valence-corrected chi connectivity index (χ3v) is 4.55. The van der Waals surface area contributed by atoms with Crippen LogP contribution in [0.1, 0.15) is 0 Å². The Morgan fingerprint density at radius 2 is 1.16 bits per heavy atom. The topological polar surface area (TPSA) is 25.8 Å². The van der Waals surface area contributed by atoms with Crippen molar-refractivity contribution in [2.75, 3.05) is 0 Å². The molecule has 94 valence electrons. The first kappa shape index (κ1) is 13.0. The SMILES string of the molecule is Brc1cccc(-c2ccc(-c3cccc(Br)n3)s2)n1. The molecule has 0 bridgehead atoms. The lowest BCUT2D eigenvalue weighted by atomic mass is 10.3. The largest absolute Gasteiger partial charge is 0.240 e. The van der Waals surface area contributed by atoms with E-state index >= 15 is 0 Å². The van der Waals surface area contributed by atoms with E-state index in [0.29, 0.717) is 0 Å². The van der Waals surface area contributed by atoms with Gasteiger partial charge < -0.3 is 0 Å². The molecular formula is C14H8Br2N2S. The monoisotopic (exact) mass is 394 g/mol. The van der Waals surface area contributed by atoms with Crippen molar-refractivity contribution in [1.82, 2.24) is 9.97 Å². The minimum absolute atomic E-state index is 0.848. The lowest BCUT2D eigenvalue weighted by Crippen LogP contribution is -1.80. The average molecular weight is 396 g/mol. The number of halogens is 2. The van der Waals surface area contributed by atoms with Gasteiger partial charge in [-0.3, -0.25) is 0 Å². The first-order valence-corrected chi connectivity index (χ1v) is 7.98. The zero-order valence-electron chi connectivity index (χ0n) is 9.68. The van der Waals surface area contributed by atoms with Crippen molar-refractivity contribution in [1.29, 1.82) is 0 Å². The highest BCUT2D eigenvalue weighted by molar-refractivity contribution is 9.10. The van der Waals surface area contributed by atoms with Gasteiger partial charge in [0.1, 0.15) is 9.21 Å². The zero-order chi connectivity index (χ0) is 13.2. The number of pyridine rings is 2. The second-order valence-electron chi connectivity index (χ2n) is 3.85. The molecule has 3 aromatic heterocycles. The summed E-state index contributed by atoms with van der Waals surface area (Å²) in [4.78, 5) is 11.2. The summed E-state index contributed by atoms with van der Waals surface area (Å²) >= 11 is 8.48. The summed E-state index contributed by atoms with van der Waals surface area (Å²) < 4.78 is 1.70. The van der Waals surface area contributed by atoms with E-state index in [1.807, 2.05) is 36.4 Å². The molecule has 0 aliphatic heterocycles. The maximum Gasteiger partial charge on any atom is 0.106 e. The van der Waals surface area contributed by atoms with Crippen LogP contribution in [0.2, 0.25) is 0 Å². The van der Waals surface area contributed by atoms with E-state index in [0.717, 1.165) is 30.3 Å². The van der Waals surface area contributed by atoms with Crippen LogP contribution in [0.5, 0.6) is 0 Å². The van der Waals surface area contributed by atoms with E-state index in [1.165, 1.54) is 0 Å². The van der Waals surface area contributed by atoms with Crippen LogP contribution in [0, 0.1) is 0 Å². The van der Waals surface area contributed by atoms with Crippen LogP contribution in [0.3, 0.4) is 0 Å². The van der Waals surface area contributed by atoms with Crippen molar-refractivity contribution in [3.05, 3.63) is 57.7 Å².